The van der Waals surface area contributed by atoms with E-state index in [-0.39, 0.29) is 6.04 Å². The van der Waals surface area contributed by atoms with Crippen molar-refractivity contribution in [3.05, 3.63) is 23.8 Å². The van der Waals surface area contributed by atoms with Crippen LogP contribution in [0.1, 0.15) is 50.7 Å². The van der Waals surface area contributed by atoms with E-state index in [2.05, 4.69) is 29.2 Å². The van der Waals surface area contributed by atoms with Gasteiger partial charge in [0.2, 0.25) is 0 Å². The van der Waals surface area contributed by atoms with Crippen LogP contribution in [0.2, 0.25) is 0 Å². The van der Waals surface area contributed by atoms with Crippen molar-refractivity contribution in [1.82, 2.24) is 15.4 Å². The van der Waals surface area contributed by atoms with Crippen LogP contribution in [0.4, 0.5) is 0 Å². The number of hydrazine groups is 1. The zero-order valence-corrected chi connectivity index (χ0v) is 11.6. The number of hydrogen-bond acceptors (Lipinski definition) is 4. The molecule has 0 bridgehead atoms. The van der Waals surface area contributed by atoms with Gasteiger partial charge < -0.3 is 0 Å². The van der Waals surface area contributed by atoms with E-state index in [4.69, 9.17) is 5.84 Å². The van der Waals surface area contributed by atoms with Gasteiger partial charge in [-0.15, -0.1) is 0 Å². The van der Waals surface area contributed by atoms with Gasteiger partial charge in [-0.3, -0.25) is 11.3 Å². The molecule has 4 nitrogen and oxygen atoms in total. The second-order valence-corrected chi connectivity index (χ2v) is 5.70. The van der Waals surface area contributed by atoms with E-state index in [0.717, 1.165) is 23.4 Å². The average molecular weight is 248 g/mol. The molecule has 18 heavy (non-hydrogen) atoms. The van der Waals surface area contributed by atoms with Crippen molar-refractivity contribution < 1.29 is 0 Å². The van der Waals surface area contributed by atoms with Gasteiger partial charge in [-0.25, -0.2) is 9.97 Å². The molecule has 2 rings (SSSR count). The van der Waals surface area contributed by atoms with Gasteiger partial charge in [0.05, 0.1) is 11.7 Å². The lowest BCUT2D eigenvalue weighted by atomic mass is 9.73. The summed E-state index contributed by atoms with van der Waals surface area (Å²) >= 11 is 0. The van der Waals surface area contributed by atoms with E-state index in [9.17, 15) is 0 Å². The van der Waals surface area contributed by atoms with Crippen LogP contribution in [0.15, 0.2) is 12.3 Å². The lowest BCUT2D eigenvalue weighted by Crippen LogP contribution is -2.37. The van der Waals surface area contributed by atoms with Crippen molar-refractivity contribution in [2.45, 2.75) is 46.1 Å². The van der Waals surface area contributed by atoms with Crippen LogP contribution in [0.25, 0.3) is 0 Å². The molecule has 0 spiro atoms. The van der Waals surface area contributed by atoms with Crippen LogP contribution < -0.4 is 11.3 Å². The zero-order valence-electron chi connectivity index (χ0n) is 11.6. The molecule has 1 aliphatic carbocycles. The molecule has 3 N–H and O–H groups in total. The Hall–Kier alpha value is -1.00. The maximum atomic E-state index is 5.76. The van der Waals surface area contributed by atoms with E-state index in [1.165, 1.54) is 19.3 Å². The third-order valence-electron chi connectivity index (χ3n) is 4.41. The summed E-state index contributed by atoms with van der Waals surface area (Å²) in [6.07, 6.45) is 5.55. The summed E-state index contributed by atoms with van der Waals surface area (Å²) in [4.78, 5) is 8.66. The Morgan fingerprint density at radius 3 is 2.72 bits per heavy atom. The van der Waals surface area contributed by atoms with Gasteiger partial charge in [-0.2, -0.15) is 0 Å². The third kappa shape index (κ3) is 2.87. The first kappa shape index (κ1) is 13.4. The van der Waals surface area contributed by atoms with Gasteiger partial charge in [0.25, 0.3) is 0 Å². The van der Waals surface area contributed by atoms with Gasteiger partial charge in [0, 0.05) is 6.20 Å². The SMILES string of the molecule is Cc1nccc(C(NN)C2CCC(C)C(C)C2)n1. The minimum Gasteiger partial charge on any atom is -0.271 e. The van der Waals surface area contributed by atoms with Crippen molar-refractivity contribution in [1.29, 1.82) is 0 Å². The average Bonchev–Trinajstić information content (AvgIpc) is 2.35. The second kappa shape index (κ2) is 5.76. The fraction of sp³-hybridized carbons (Fsp3) is 0.714. The van der Waals surface area contributed by atoms with Gasteiger partial charge in [-0.05, 0) is 43.6 Å². The largest absolute Gasteiger partial charge is 0.271 e. The summed E-state index contributed by atoms with van der Waals surface area (Å²) in [6, 6.07) is 2.13. The Bertz CT molecular complexity index is 393. The normalized spacial score (nSPS) is 30.1. The minimum absolute atomic E-state index is 0.154. The molecule has 1 aromatic rings. The van der Waals surface area contributed by atoms with E-state index < -0.39 is 0 Å². The van der Waals surface area contributed by atoms with Crippen molar-refractivity contribution in [2.75, 3.05) is 0 Å². The quantitative estimate of drug-likeness (QED) is 0.636. The van der Waals surface area contributed by atoms with Crippen LogP contribution in [0.3, 0.4) is 0 Å². The molecule has 1 aliphatic rings. The van der Waals surface area contributed by atoms with Gasteiger partial charge in [0.15, 0.2) is 0 Å². The molecular formula is C14H24N4. The molecular weight excluding hydrogens is 224 g/mol. The van der Waals surface area contributed by atoms with Crippen LogP contribution in [-0.4, -0.2) is 9.97 Å². The molecule has 0 amide bonds. The molecule has 0 aromatic carbocycles. The number of nitrogens with two attached hydrogens (primary N) is 1. The van der Waals surface area contributed by atoms with Crippen LogP contribution in [0.5, 0.6) is 0 Å². The van der Waals surface area contributed by atoms with Crippen molar-refractivity contribution >= 4 is 0 Å². The monoisotopic (exact) mass is 248 g/mol. The van der Waals surface area contributed by atoms with Gasteiger partial charge in [-0.1, -0.05) is 20.3 Å². The summed E-state index contributed by atoms with van der Waals surface area (Å²) in [5, 5.41) is 0. The van der Waals surface area contributed by atoms with E-state index in [1.54, 1.807) is 0 Å². The Morgan fingerprint density at radius 1 is 1.33 bits per heavy atom. The summed E-state index contributed by atoms with van der Waals surface area (Å²) in [7, 11) is 0. The number of aryl methyl sites for hydroxylation is 1. The molecule has 1 aromatic heterocycles. The molecule has 0 aliphatic heterocycles. The fourth-order valence-electron chi connectivity index (χ4n) is 3.00. The Balaban J connectivity index is 2.14. The van der Waals surface area contributed by atoms with Gasteiger partial charge in [0.1, 0.15) is 5.82 Å². The molecule has 1 fully saturated rings. The summed E-state index contributed by atoms with van der Waals surface area (Å²) in [5.41, 5.74) is 3.99. The predicted molar refractivity (Wildman–Crippen MR) is 72.5 cm³/mol. The lowest BCUT2D eigenvalue weighted by Gasteiger charge is -2.36. The van der Waals surface area contributed by atoms with Crippen LogP contribution in [0, 0.1) is 24.7 Å². The van der Waals surface area contributed by atoms with Crippen molar-refractivity contribution in [3.8, 4) is 0 Å². The topological polar surface area (TPSA) is 63.8 Å². The zero-order chi connectivity index (χ0) is 13.1. The first-order valence-corrected chi connectivity index (χ1v) is 6.87. The van der Waals surface area contributed by atoms with Crippen molar-refractivity contribution in [3.63, 3.8) is 0 Å². The minimum atomic E-state index is 0.154. The third-order valence-corrected chi connectivity index (χ3v) is 4.41. The van der Waals surface area contributed by atoms with E-state index in [0.29, 0.717) is 5.92 Å². The van der Waals surface area contributed by atoms with E-state index >= 15 is 0 Å². The van der Waals surface area contributed by atoms with E-state index in [1.807, 2.05) is 19.2 Å². The Labute approximate surface area is 109 Å². The standard InChI is InChI=1S/C14H24N4/c1-9-4-5-12(8-10(9)2)14(18-15)13-6-7-16-11(3)17-13/h6-7,9-10,12,14,18H,4-5,8,15H2,1-3H3. The number of nitrogens with zero attached hydrogens (tertiary/aromatic N) is 2. The van der Waals surface area contributed by atoms with Crippen molar-refractivity contribution in [2.24, 2.45) is 23.6 Å². The number of rotatable bonds is 3. The second-order valence-electron chi connectivity index (χ2n) is 5.70. The highest BCUT2D eigenvalue weighted by atomic mass is 15.2. The predicted octanol–water partition coefficient (Wildman–Crippen LogP) is 2.36. The lowest BCUT2D eigenvalue weighted by molar-refractivity contribution is 0.169. The summed E-state index contributed by atoms with van der Waals surface area (Å²) < 4.78 is 0. The first-order valence-electron chi connectivity index (χ1n) is 6.87. The molecule has 0 saturated heterocycles. The van der Waals surface area contributed by atoms with Crippen LogP contribution >= 0.6 is 0 Å². The highest BCUT2D eigenvalue weighted by Gasteiger charge is 2.31. The molecule has 4 unspecified atom stereocenters. The maximum Gasteiger partial charge on any atom is 0.125 e. The Morgan fingerprint density at radius 2 is 2.11 bits per heavy atom. The number of nitrogens with one attached hydrogen (secondary N) is 1. The maximum absolute atomic E-state index is 5.76. The van der Waals surface area contributed by atoms with Gasteiger partial charge >= 0.3 is 0 Å². The molecule has 0 radical (unpaired) electrons. The fourth-order valence-corrected chi connectivity index (χ4v) is 3.00. The number of aromatic nitrogens is 2. The molecule has 4 atom stereocenters. The molecule has 4 heteroatoms. The Kier molecular flexibility index (Phi) is 4.30. The number of hydrogen-bond donors (Lipinski definition) is 2. The molecule has 1 heterocycles. The first-order chi connectivity index (χ1) is 8.61. The van der Waals surface area contributed by atoms with Crippen LogP contribution in [-0.2, 0) is 0 Å². The molecule has 100 valence electrons. The highest BCUT2D eigenvalue weighted by molar-refractivity contribution is 5.09. The summed E-state index contributed by atoms with van der Waals surface area (Å²) in [6.45, 7) is 6.61. The smallest absolute Gasteiger partial charge is 0.125 e. The highest BCUT2D eigenvalue weighted by Crippen LogP contribution is 2.39. The molecule has 1 saturated carbocycles. The summed E-state index contributed by atoms with van der Waals surface area (Å²) in [5.74, 6) is 8.74.